The van der Waals surface area contributed by atoms with E-state index in [4.69, 9.17) is 11.6 Å². The molecule has 0 aliphatic heterocycles. The van der Waals surface area contributed by atoms with Gasteiger partial charge in [-0.05, 0) is 55.8 Å². The Bertz CT molecular complexity index is 796. The second-order valence-electron chi connectivity index (χ2n) is 4.62. The quantitative estimate of drug-likeness (QED) is 0.522. The molecule has 0 fully saturated rings. The number of rotatable bonds is 3. The molecule has 3 heterocycles. The van der Waals surface area contributed by atoms with E-state index in [9.17, 15) is 0 Å². The summed E-state index contributed by atoms with van der Waals surface area (Å²) in [5.41, 5.74) is 1.89. The maximum Gasteiger partial charge on any atom is 0.224 e. The maximum atomic E-state index is 6.04. The molecule has 0 saturated carbocycles. The van der Waals surface area contributed by atoms with Crippen LogP contribution in [0.5, 0.6) is 0 Å². The standard InChI is InChI=1S/C14H13ClN4S2/c1-4-9-6-10-11(20-9)18-13(15)19-12(10)21-14-16-7(2)5-8(3)17-14/h5-6H,4H2,1-3H3. The van der Waals surface area contributed by atoms with Gasteiger partial charge in [-0.1, -0.05) is 6.92 Å². The summed E-state index contributed by atoms with van der Waals surface area (Å²) >= 11 is 9.12. The summed E-state index contributed by atoms with van der Waals surface area (Å²) in [5, 5.41) is 2.78. The van der Waals surface area contributed by atoms with Gasteiger partial charge in [-0.15, -0.1) is 11.3 Å². The van der Waals surface area contributed by atoms with E-state index in [0.717, 1.165) is 33.1 Å². The summed E-state index contributed by atoms with van der Waals surface area (Å²) in [7, 11) is 0. The minimum Gasteiger partial charge on any atom is -0.228 e. The average Bonchev–Trinajstić information content (AvgIpc) is 2.80. The lowest BCUT2D eigenvalue weighted by atomic mass is 10.3. The van der Waals surface area contributed by atoms with Gasteiger partial charge in [0.2, 0.25) is 5.28 Å². The highest BCUT2D eigenvalue weighted by Crippen LogP contribution is 2.35. The Morgan fingerprint density at radius 3 is 2.48 bits per heavy atom. The molecule has 4 nitrogen and oxygen atoms in total. The van der Waals surface area contributed by atoms with E-state index in [1.165, 1.54) is 16.6 Å². The molecule has 0 aliphatic carbocycles. The molecule has 0 N–H and O–H groups in total. The van der Waals surface area contributed by atoms with Gasteiger partial charge in [0.25, 0.3) is 0 Å². The molecular weight excluding hydrogens is 324 g/mol. The lowest BCUT2D eigenvalue weighted by Crippen LogP contribution is -1.94. The predicted molar refractivity (Wildman–Crippen MR) is 87.4 cm³/mol. The van der Waals surface area contributed by atoms with Crippen LogP contribution in [0.2, 0.25) is 5.28 Å². The average molecular weight is 337 g/mol. The first-order valence-electron chi connectivity index (χ1n) is 6.51. The van der Waals surface area contributed by atoms with Crippen molar-refractivity contribution in [2.75, 3.05) is 0 Å². The van der Waals surface area contributed by atoms with Crippen LogP contribution in [0.15, 0.2) is 22.3 Å². The zero-order valence-corrected chi connectivity index (χ0v) is 14.2. The van der Waals surface area contributed by atoms with Crippen molar-refractivity contribution in [2.24, 2.45) is 0 Å². The van der Waals surface area contributed by atoms with Crippen LogP contribution < -0.4 is 0 Å². The molecule has 0 saturated heterocycles. The van der Waals surface area contributed by atoms with Gasteiger partial charge in [-0.3, -0.25) is 0 Å². The van der Waals surface area contributed by atoms with Crippen LogP contribution in [0.4, 0.5) is 0 Å². The SMILES string of the molecule is CCc1cc2c(Sc3nc(C)cc(C)n3)nc(Cl)nc2s1. The van der Waals surface area contributed by atoms with Crippen molar-refractivity contribution < 1.29 is 0 Å². The first kappa shape index (κ1) is 14.7. The van der Waals surface area contributed by atoms with Gasteiger partial charge in [0.15, 0.2) is 5.16 Å². The van der Waals surface area contributed by atoms with Crippen molar-refractivity contribution in [3.8, 4) is 0 Å². The highest BCUT2D eigenvalue weighted by molar-refractivity contribution is 7.99. The van der Waals surface area contributed by atoms with Crippen molar-refractivity contribution in [3.05, 3.63) is 33.7 Å². The topological polar surface area (TPSA) is 51.6 Å². The summed E-state index contributed by atoms with van der Waals surface area (Å²) in [6.07, 6.45) is 0.975. The molecule has 0 atom stereocenters. The Balaban J connectivity index is 2.08. The molecule has 3 rings (SSSR count). The normalized spacial score (nSPS) is 11.2. The summed E-state index contributed by atoms with van der Waals surface area (Å²) < 4.78 is 0. The molecule has 0 aromatic carbocycles. The molecule has 0 aliphatic rings. The molecule has 0 spiro atoms. The largest absolute Gasteiger partial charge is 0.228 e. The van der Waals surface area contributed by atoms with Gasteiger partial charge in [0.1, 0.15) is 9.86 Å². The van der Waals surface area contributed by atoms with Crippen molar-refractivity contribution in [1.29, 1.82) is 0 Å². The van der Waals surface area contributed by atoms with Gasteiger partial charge >= 0.3 is 0 Å². The monoisotopic (exact) mass is 336 g/mol. The molecule has 0 unspecified atom stereocenters. The molecule has 0 radical (unpaired) electrons. The highest BCUT2D eigenvalue weighted by Gasteiger charge is 2.13. The zero-order valence-electron chi connectivity index (χ0n) is 11.8. The van der Waals surface area contributed by atoms with Crippen molar-refractivity contribution >= 4 is 44.9 Å². The number of nitrogens with zero attached hydrogens (tertiary/aromatic N) is 4. The summed E-state index contributed by atoms with van der Waals surface area (Å²) in [6, 6.07) is 4.08. The van der Waals surface area contributed by atoms with Gasteiger partial charge in [0.05, 0.1) is 0 Å². The van der Waals surface area contributed by atoms with Gasteiger partial charge in [-0.25, -0.2) is 19.9 Å². The van der Waals surface area contributed by atoms with Gasteiger partial charge < -0.3 is 0 Å². The third kappa shape index (κ3) is 3.17. The predicted octanol–water partition coefficient (Wildman–Crippen LogP) is 4.47. The molecule has 3 aromatic rings. The molecule has 0 amide bonds. The number of fused-ring (bicyclic) bond motifs is 1. The first-order chi connectivity index (χ1) is 10.0. The molecular formula is C14H13ClN4S2. The van der Waals surface area contributed by atoms with E-state index in [1.54, 1.807) is 11.3 Å². The fourth-order valence-electron chi connectivity index (χ4n) is 2.00. The van der Waals surface area contributed by atoms with Crippen molar-refractivity contribution in [3.63, 3.8) is 0 Å². The minimum atomic E-state index is 0.263. The number of aryl methyl sites for hydroxylation is 3. The third-order valence-electron chi connectivity index (χ3n) is 2.88. The van der Waals surface area contributed by atoms with Crippen molar-refractivity contribution in [2.45, 2.75) is 37.4 Å². The number of thiophene rings is 1. The van der Waals surface area contributed by atoms with Crippen LogP contribution in [0.25, 0.3) is 10.2 Å². The van der Waals surface area contributed by atoms with E-state index in [-0.39, 0.29) is 5.28 Å². The van der Waals surface area contributed by atoms with Crippen LogP contribution in [0, 0.1) is 13.8 Å². The third-order valence-corrected chi connectivity index (χ3v) is 5.09. The van der Waals surface area contributed by atoms with E-state index < -0.39 is 0 Å². The number of aromatic nitrogens is 4. The van der Waals surface area contributed by atoms with Crippen LogP contribution in [0.3, 0.4) is 0 Å². The van der Waals surface area contributed by atoms with Crippen molar-refractivity contribution in [1.82, 2.24) is 19.9 Å². The Kier molecular flexibility index (Phi) is 4.10. The van der Waals surface area contributed by atoms with Gasteiger partial charge in [0, 0.05) is 21.7 Å². The number of hydrogen-bond donors (Lipinski definition) is 0. The maximum absolute atomic E-state index is 6.04. The Labute approximate surface area is 136 Å². The second-order valence-corrected chi connectivity index (χ2v) is 7.03. The lowest BCUT2D eigenvalue weighted by molar-refractivity contribution is 0.899. The van der Waals surface area contributed by atoms with Crippen LogP contribution in [-0.2, 0) is 6.42 Å². The smallest absolute Gasteiger partial charge is 0.224 e. The van der Waals surface area contributed by atoms with Gasteiger partial charge in [-0.2, -0.15) is 0 Å². The fraction of sp³-hybridized carbons (Fsp3) is 0.286. The Morgan fingerprint density at radius 1 is 1.10 bits per heavy atom. The van der Waals surface area contributed by atoms with E-state index in [1.807, 2.05) is 19.9 Å². The fourth-order valence-corrected chi connectivity index (χ4v) is 4.25. The summed E-state index contributed by atoms with van der Waals surface area (Å²) in [6.45, 7) is 6.04. The summed E-state index contributed by atoms with van der Waals surface area (Å²) in [5.74, 6) is 0. The van der Waals surface area contributed by atoms with Crippen LogP contribution in [-0.4, -0.2) is 19.9 Å². The van der Waals surface area contributed by atoms with Crippen LogP contribution in [0.1, 0.15) is 23.2 Å². The number of hydrogen-bond acceptors (Lipinski definition) is 6. The Morgan fingerprint density at radius 2 is 1.81 bits per heavy atom. The lowest BCUT2D eigenvalue weighted by Gasteiger charge is -2.03. The molecule has 3 aromatic heterocycles. The van der Waals surface area contributed by atoms with E-state index >= 15 is 0 Å². The molecule has 21 heavy (non-hydrogen) atoms. The minimum absolute atomic E-state index is 0.263. The van der Waals surface area contributed by atoms with E-state index in [2.05, 4.69) is 32.9 Å². The molecule has 0 bridgehead atoms. The zero-order chi connectivity index (χ0) is 15.0. The Hall–Kier alpha value is -1.24. The number of halogens is 1. The first-order valence-corrected chi connectivity index (χ1v) is 8.52. The highest BCUT2D eigenvalue weighted by atomic mass is 35.5. The van der Waals surface area contributed by atoms with E-state index in [0.29, 0.717) is 5.16 Å². The molecule has 108 valence electrons. The molecule has 7 heteroatoms. The second kappa shape index (κ2) is 5.87. The summed E-state index contributed by atoms with van der Waals surface area (Å²) in [4.78, 5) is 19.7. The van der Waals surface area contributed by atoms with Crippen LogP contribution >= 0.6 is 34.7 Å².